The van der Waals surface area contributed by atoms with Crippen LogP contribution in [0.25, 0.3) is 0 Å². The molecule has 0 bridgehead atoms. The van der Waals surface area contributed by atoms with Crippen LogP contribution in [-0.2, 0) is 20.7 Å². The van der Waals surface area contributed by atoms with Crippen molar-refractivity contribution in [1.29, 1.82) is 0 Å². The first-order valence-corrected chi connectivity index (χ1v) is 5.54. The molecule has 1 N–H and O–H groups in total. The number of rotatable bonds is 5. The Morgan fingerprint density at radius 2 is 2.16 bits per heavy atom. The number of hydrogen-bond acceptors (Lipinski definition) is 5. The molecule has 0 radical (unpaired) electrons. The molecule has 0 aliphatic heterocycles. The van der Waals surface area contributed by atoms with Gasteiger partial charge in [0.05, 0.1) is 18.5 Å². The van der Waals surface area contributed by atoms with E-state index in [0.29, 0.717) is 5.56 Å². The summed E-state index contributed by atoms with van der Waals surface area (Å²) in [6.45, 7) is 1.50. The number of benzene rings is 1. The first kappa shape index (κ1) is 14.6. The Hall–Kier alpha value is -2.44. The van der Waals surface area contributed by atoms with E-state index in [1.54, 1.807) is 6.07 Å². The molecule has 0 spiro atoms. The maximum absolute atomic E-state index is 11.6. The lowest BCUT2D eigenvalue weighted by molar-refractivity contribution is -0.384. The Bertz CT molecular complexity index is 501. The molecule has 7 heteroatoms. The third-order valence-corrected chi connectivity index (χ3v) is 2.42. The summed E-state index contributed by atoms with van der Waals surface area (Å²) in [5, 5.41) is 13.0. The minimum Gasteiger partial charge on any atom is -0.467 e. The van der Waals surface area contributed by atoms with Crippen molar-refractivity contribution in [1.82, 2.24) is 5.32 Å². The summed E-state index contributed by atoms with van der Waals surface area (Å²) < 4.78 is 4.47. The zero-order chi connectivity index (χ0) is 14.4. The van der Waals surface area contributed by atoms with Crippen LogP contribution in [0.5, 0.6) is 0 Å². The average molecular weight is 266 g/mol. The number of methoxy groups -OCH3 is 1. The Labute approximate surface area is 109 Å². The SMILES string of the molecule is COC(=O)[C@H](C)NC(=O)Cc1cccc([N+](=O)[O-])c1. The predicted molar refractivity (Wildman–Crippen MR) is 66.4 cm³/mol. The zero-order valence-corrected chi connectivity index (χ0v) is 10.6. The van der Waals surface area contributed by atoms with Crippen LogP contribution in [0.4, 0.5) is 5.69 Å². The molecular formula is C12H14N2O5. The van der Waals surface area contributed by atoms with Gasteiger partial charge in [-0.05, 0) is 12.5 Å². The molecule has 1 atom stereocenters. The molecule has 0 saturated heterocycles. The highest BCUT2D eigenvalue weighted by atomic mass is 16.6. The highest BCUT2D eigenvalue weighted by molar-refractivity contribution is 5.85. The van der Waals surface area contributed by atoms with Crippen LogP contribution in [0.3, 0.4) is 0 Å². The lowest BCUT2D eigenvalue weighted by Gasteiger charge is -2.11. The van der Waals surface area contributed by atoms with E-state index in [1.165, 1.54) is 32.2 Å². The largest absolute Gasteiger partial charge is 0.467 e. The third kappa shape index (κ3) is 4.38. The van der Waals surface area contributed by atoms with Crippen molar-refractivity contribution in [2.24, 2.45) is 0 Å². The number of nitro groups is 1. The Kier molecular flexibility index (Phi) is 4.99. The van der Waals surface area contributed by atoms with Crippen molar-refractivity contribution >= 4 is 17.6 Å². The number of amides is 1. The van der Waals surface area contributed by atoms with Gasteiger partial charge in [0.25, 0.3) is 5.69 Å². The number of esters is 1. The molecule has 0 saturated carbocycles. The summed E-state index contributed by atoms with van der Waals surface area (Å²) in [5.74, 6) is -0.953. The highest BCUT2D eigenvalue weighted by Crippen LogP contribution is 2.13. The number of nitrogens with zero attached hydrogens (tertiary/aromatic N) is 1. The molecule has 7 nitrogen and oxygen atoms in total. The van der Waals surface area contributed by atoms with E-state index in [2.05, 4.69) is 10.1 Å². The summed E-state index contributed by atoms with van der Waals surface area (Å²) in [7, 11) is 1.23. The Balaban J connectivity index is 2.64. The Morgan fingerprint density at radius 1 is 1.47 bits per heavy atom. The number of non-ortho nitro benzene ring substituents is 1. The van der Waals surface area contributed by atoms with E-state index >= 15 is 0 Å². The molecule has 0 aliphatic rings. The van der Waals surface area contributed by atoms with Gasteiger partial charge in [-0.25, -0.2) is 4.79 Å². The number of nitrogens with one attached hydrogen (secondary N) is 1. The molecule has 1 aromatic carbocycles. The van der Waals surface area contributed by atoms with Gasteiger partial charge in [-0.15, -0.1) is 0 Å². The van der Waals surface area contributed by atoms with E-state index in [9.17, 15) is 19.7 Å². The minimum absolute atomic E-state index is 0.0387. The van der Waals surface area contributed by atoms with E-state index in [4.69, 9.17) is 0 Å². The summed E-state index contributed by atoms with van der Waals surface area (Å²) in [6.07, 6.45) is -0.0387. The van der Waals surface area contributed by atoms with Crippen LogP contribution in [0, 0.1) is 10.1 Å². The summed E-state index contributed by atoms with van der Waals surface area (Å²) in [5.41, 5.74) is 0.426. The summed E-state index contributed by atoms with van der Waals surface area (Å²) >= 11 is 0. The maximum atomic E-state index is 11.6. The van der Waals surface area contributed by atoms with Gasteiger partial charge in [-0.1, -0.05) is 12.1 Å². The zero-order valence-electron chi connectivity index (χ0n) is 10.6. The van der Waals surface area contributed by atoms with Crippen LogP contribution >= 0.6 is 0 Å². The van der Waals surface area contributed by atoms with Gasteiger partial charge in [0.1, 0.15) is 6.04 Å². The molecule has 102 valence electrons. The van der Waals surface area contributed by atoms with Crippen molar-refractivity contribution in [3.05, 3.63) is 39.9 Å². The molecule has 1 amide bonds. The van der Waals surface area contributed by atoms with Gasteiger partial charge in [0.2, 0.25) is 5.91 Å². The van der Waals surface area contributed by atoms with Crippen molar-refractivity contribution in [2.45, 2.75) is 19.4 Å². The number of ether oxygens (including phenoxy) is 1. The molecule has 0 unspecified atom stereocenters. The first-order chi connectivity index (χ1) is 8.93. The van der Waals surface area contributed by atoms with E-state index in [-0.39, 0.29) is 12.1 Å². The molecule has 0 aliphatic carbocycles. The van der Waals surface area contributed by atoms with Crippen molar-refractivity contribution in [2.75, 3.05) is 7.11 Å². The second-order valence-electron chi connectivity index (χ2n) is 3.92. The average Bonchev–Trinajstić information content (AvgIpc) is 2.37. The number of carbonyl (C=O) groups is 2. The first-order valence-electron chi connectivity index (χ1n) is 5.54. The highest BCUT2D eigenvalue weighted by Gasteiger charge is 2.16. The molecule has 1 aromatic rings. The van der Waals surface area contributed by atoms with Crippen LogP contribution in [0.1, 0.15) is 12.5 Å². The minimum atomic E-state index is -0.754. The van der Waals surface area contributed by atoms with Gasteiger partial charge in [-0.2, -0.15) is 0 Å². The summed E-state index contributed by atoms with van der Waals surface area (Å²) in [6, 6.07) is 5.02. The molecule has 19 heavy (non-hydrogen) atoms. The topological polar surface area (TPSA) is 98.5 Å². The van der Waals surface area contributed by atoms with Crippen molar-refractivity contribution < 1.29 is 19.2 Å². The predicted octanol–water partition coefficient (Wildman–Crippen LogP) is 0.815. The second kappa shape index (κ2) is 6.48. The molecule has 0 fully saturated rings. The van der Waals surface area contributed by atoms with Crippen LogP contribution in [0.2, 0.25) is 0 Å². The molecular weight excluding hydrogens is 252 g/mol. The molecule has 0 heterocycles. The van der Waals surface area contributed by atoms with Crippen LogP contribution in [-0.4, -0.2) is 30.0 Å². The van der Waals surface area contributed by atoms with Crippen molar-refractivity contribution in [3.8, 4) is 0 Å². The lowest BCUT2D eigenvalue weighted by atomic mass is 10.1. The van der Waals surface area contributed by atoms with E-state index in [0.717, 1.165) is 0 Å². The van der Waals surface area contributed by atoms with Gasteiger partial charge in [0.15, 0.2) is 0 Å². The van der Waals surface area contributed by atoms with Crippen molar-refractivity contribution in [3.63, 3.8) is 0 Å². The standard InChI is InChI=1S/C12H14N2O5/c1-8(12(16)19-2)13-11(15)7-9-4-3-5-10(6-9)14(17)18/h3-6,8H,7H2,1-2H3,(H,13,15)/t8-/m0/s1. The fraction of sp³-hybridized carbons (Fsp3) is 0.333. The number of nitro benzene ring substituents is 1. The number of carbonyl (C=O) groups excluding carboxylic acids is 2. The third-order valence-electron chi connectivity index (χ3n) is 2.42. The lowest BCUT2D eigenvalue weighted by Crippen LogP contribution is -2.39. The van der Waals surface area contributed by atoms with Crippen LogP contribution < -0.4 is 5.32 Å². The monoisotopic (exact) mass is 266 g/mol. The van der Waals surface area contributed by atoms with E-state index in [1.807, 2.05) is 0 Å². The molecule has 0 aromatic heterocycles. The number of hydrogen-bond donors (Lipinski definition) is 1. The Morgan fingerprint density at radius 3 is 2.74 bits per heavy atom. The fourth-order valence-electron chi connectivity index (χ4n) is 1.49. The van der Waals surface area contributed by atoms with Gasteiger partial charge in [0, 0.05) is 12.1 Å². The van der Waals surface area contributed by atoms with Gasteiger partial charge in [-0.3, -0.25) is 14.9 Å². The second-order valence-corrected chi connectivity index (χ2v) is 3.92. The molecule has 1 rings (SSSR count). The van der Waals surface area contributed by atoms with Crippen LogP contribution in [0.15, 0.2) is 24.3 Å². The smallest absolute Gasteiger partial charge is 0.328 e. The summed E-state index contributed by atoms with van der Waals surface area (Å²) in [4.78, 5) is 32.8. The normalized spacial score (nSPS) is 11.5. The fourth-order valence-corrected chi connectivity index (χ4v) is 1.49. The van der Waals surface area contributed by atoms with Gasteiger partial charge >= 0.3 is 5.97 Å². The maximum Gasteiger partial charge on any atom is 0.328 e. The van der Waals surface area contributed by atoms with Gasteiger partial charge < -0.3 is 10.1 Å². The quantitative estimate of drug-likeness (QED) is 0.483. The van der Waals surface area contributed by atoms with E-state index < -0.39 is 22.8 Å².